The number of hydrogen-bond donors (Lipinski definition) is 1. The van der Waals surface area contributed by atoms with E-state index in [2.05, 4.69) is 31.9 Å². The predicted molar refractivity (Wildman–Crippen MR) is 76.0 cm³/mol. The summed E-state index contributed by atoms with van der Waals surface area (Å²) in [5.41, 5.74) is 1.48. The summed E-state index contributed by atoms with van der Waals surface area (Å²) < 4.78 is 0. The zero-order valence-corrected chi connectivity index (χ0v) is 11.8. The Hall–Kier alpha value is -1.02. The normalized spacial score (nSPS) is 26.2. The Labute approximate surface area is 111 Å². The van der Waals surface area contributed by atoms with Crippen molar-refractivity contribution in [2.24, 2.45) is 5.92 Å². The molecule has 1 aliphatic heterocycles. The average Bonchev–Trinajstić information content (AvgIpc) is 2.52. The summed E-state index contributed by atoms with van der Waals surface area (Å²) >= 11 is 0. The van der Waals surface area contributed by atoms with E-state index in [0.29, 0.717) is 11.7 Å². The number of phenols is 1. The van der Waals surface area contributed by atoms with Crippen LogP contribution in [0, 0.1) is 5.92 Å². The van der Waals surface area contributed by atoms with Gasteiger partial charge in [-0.3, -0.25) is 0 Å². The van der Waals surface area contributed by atoms with Crippen molar-refractivity contribution in [3.8, 4) is 5.75 Å². The van der Waals surface area contributed by atoms with Gasteiger partial charge in [0, 0.05) is 12.0 Å². The quantitative estimate of drug-likeness (QED) is 0.866. The minimum Gasteiger partial charge on any atom is -0.508 e. The fourth-order valence-corrected chi connectivity index (χ4v) is 3.32. The number of phenolic OH excluding ortho intramolecular Hbond substituents is 1. The van der Waals surface area contributed by atoms with E-state index in [1.54, 1.807) is 6.07 Å². The zero-order valence-electron chi connectivity index (χ0n) is 11.8. The molecule has 0 aliphatic carbocycles. The Bertz CT molecular complexity index is 402. The van der Waals surface area contributed by atoms with Gasteiger partial charge in [-0.05, 0) is 50.0 Å². The van der Waals surface area contributed by atoms with E-state index in [-0.39, 0.29) is 5.41 Å². The Morgan fingerprint density at radius 3 is 2.72 bits per heavy atom. The van der Waals surface area contributed by atoms with Gasteiger partial charge in [-0.25, -0.2) is 0 Å². The molecular formula is C16H25NO. The van der Waals surface area contributed by atoms with E-state index in [1.807, 2.05) is 12.1 Å². The van der Waals surface area contributed by atoms with Crippen LogP contribution in [0.1, 0.15) is 38.7 Å². The second kappa shape index (κ2) is 5.31. The van der Waals surface area contributed by atoms with Crippen molar-refractivity contribution in [2.45, 2.75) is 38.5 Å². The van der Waals surface area contributed by atoms with E-state index in [9.17, 15) is 5.11 Å². The first-order valence-electron chi connectivity index (χ1n) is 7.03. The molecule has 1 fully saturated rings. The summed E-state index contributed by atoms with van der Waals surface area (Å²) in [6.45, 7) is 6.90. The number of likely N-dealkylation sites (N-methyl/N-ethyl adjacent to an activating group) is 1. The number of aromatic hydroxyl groups is 1. The molecule has 1 atom stereocenters. The largest absolute Gasteiger partial charge is 0.508 e. The van der Waals surface area contributed by atoms with Gasteiger partial charge in [0.05, 0.1) is 0 Å². The maximum atomic E-state index is 9.76. The minimum atomic E-state index is 0.185. The van der Waals surface area contributed by atoms with E-state index >= 15 is 0 Å². The molecule has 0 radical (unpaired) electrons. The molecule has 1 aliphatic rings. The highest BCUT2D eigenvalue weighted by atomic mass is 16.3. The highest BCUT2D eigenvalue weighted by molar-refractivity contribution is 5.34. The average molecular weight is 247 g/mol. The topological polar surface area (TPSA) is 23.5 Å². The number of hydrogen-bond acceptors (Lipinski definition) is 2. The van der Waals surface area contributed by atoms with Crippen LogP contribution in [0.4, 0.5) is 0 Å². The Morgan fingerprint density at radius 1 is 1.28 bits per heavy atom. The SMILES string of the molecule is CC(C)C1(c2cccc(O)c2)CCCCN(C)C1. The molecule has 0 saturated carbocycles. The van der Waals surface area contributed by atoms with Crippen molar-refractivity contribution < 1.29 is 5.11 Å². The first-order chi connectivity index (χ1) is 8.54. The second-order valence-electron chi connectivity index (χ2n) is 6.06. The highest BCUT2D eigenvalue weighted by Gasteiger charge is 2.37. The molecule has 0 aromatic heterocycles. The molecule has 18 heavy (non-hydrogen) atoms. The van der Waals surface area contributed by atoms with Gasteiger partial charge >= 0.3 is 0 Å². The van der Waals surface area contributed by atoms with Crippen molar-refractivity contribution in [3.05, 3.63) is 29.8 Å². The third-order valence-corrected chi connectivity index (χ3v) is 4.49. The van der Waals surface area contributed by atoms with Crippen LogP contribution in [0.3, 0.4) is 0 Å². The molecule has 2 heteroatoms. The molecule has 0 spiro atoms. The Balaban J connectivity index is 2.42. The molecule has 2 nitrogen and oxygen atoms in total. The van der Waals surface area contributed by atoms with Crippen molar-refractivity contribution in [1.29, 1.82) is 0 Å². The van der Waals surface area contributed by atoms with E-state index < -0.39 is 0 Å². The number of benzene rings is 1. The molecule has 1 heterocycles. The van der Waals surface area contributed by atoms with Gasteiger partial charge in [0.15, 0.2) is 0 Å². The predicted octanol–water partition coefficient (Wildman–Crippen LogP) is 3.40. The zero-order chi connectivity index (χ0) is 13.2. The van der Waals surface area contributed by atoms with Crippen LogP contribution in [0.15, 0.2) is 24.3 Å². The molecule has 100 valence electrons. The van der Waals surface area contributed by atoms with Gasteiger partial charge in [-0.1, -0.05) is 32.4 Å². The number of nitrogens with zero attached hydrogens (tertiary/aromatic N) is 1. The van der Waals surface area contributed by atoms with E-state index in [0.717, 1.165) is 6.54 Å². The molecule has 0 amide bonds. The van der Waals surface area contributed by atoms with Gasteiger partial charge in [-0.15, -0.1) is 0 Å². The summed E-state index contributed by atoms with van der Waals surface area (Å²) in [6, 6.07) is 7.87. The third-order valence-electron chi connectivity index (χ3n) is 4.49. The lowest BCUT2D eigenvalue weighted by Crippen LogP contribution is -2.41. The van der Waals surface area contributed by atoms with Crippen LogP contribution in [-0.4, -0.2) is 30.1 Å². The fourth-order valence-electron chi connectivity index (χ4n) is 3.32. The lowest BCUT2D eigenvalue weighted by atomic mass is 9.68. The smallest absolute Gasteiger partial charge is 0.115 e. The lowest BCUT2D eigenvalue weighted by Gasteiger charge is -2.39. The van der Waals surface area contributed by atoms with E-state index in [1.165, 1.54) is 31.4 Å². The van der Waals surface area contributed by atoms with Gasteiger partial charge in [0.25, 0.3) is 0 Å². The third kappa shape index (κ3) is 2.54. The highest BCUT2D eigenvalue weighted by Crippen LogP contribution is 2.40. The minimum absolute atomic E-state index is 0.185. The van der Waals surface area contributed by atoms with Gasteiger partial charge in [-0.2, -0.15) is 0 Å². The fraction of sp³-hybridized carbons (Fsp3) is 0.625. The van der Waals surface area contributed by atoms with Gasteiger partial charge in [0.2, 0.25) is 0 Å². The molecule has 2 rings (SSSR count). The van der Waals surface area contributed by atoms with Crippen molar-refractivity contribution in [3.63, 3.8) is 0 Å². The molecule has 1 saturated heterocycles. The van der Waals surface area contributed by atoms with Gasteiger partial charge < -0.3 is 10.0 Å². The summed E-state index contributed by atoms with van der Waals surface area (Å²) in [5, 5.41) is 9.76. The van der Waals surface area contributed by atoms with Crippen LogP contribution in [0.5, 0.6) is 5.75 Å². The monoisotopic (exact) mass is 247 g/mol. The maximum absolute atomic E-state index is 9.76. The van der Waals surface area contributed by atoms with Crippen molar-refractivity contribution in [2.75, 3.05) is 20.1 Å². The van der Waals surface area contributed by atoms with Crippen LogP contribution in [0.2, 0.25) is 0 Å². The Morgan fingerprint density at radius 2 is 2.06 bits per heavy atom. The second-order valence-corrected chi connectivity index (χ2v) is 6.06. The Kier molecular flexibility index (Phi) is 3.96. The molecule has 1 aromatic rings. The van der Waals surface area contributed by atoms with Crippen LogP contribution < -0.4 is 0 Å². The van der Waals surface area contributed by atoms with Crippen molar-refractivity contribution >= 4 is 0 Å². The van der Waals surface area contributed by atoms with Crippen LogP contribution in [-0.2, 0) is 5.41 Å². The molecule has 1 unspecified atom stereocenters. The maximum Gasteiger partial charge on any atom is 0.115 e. The van der Waals surface area contributed by atoms with Gasteiger partial charge in [0.1, 0.15) is 5.75 Å². The summed E-state index contributed by atoms with van der Waals surface area (Å²) in [4.78, 5) is 2.44. The summed E-state index contributed by atoms with van der Waals surface area (Å²) in [6.07, 6.45) is 3.78. The van der Waals surface area contributed by atoms with Crippen molar-refractivity contribution in [1.82, 2.24) is 4.90 Å². The molecular weight excluding hydrogens is 222 g/mol. The molecule has 0 bridgehead atoms. The standard InChI is InChI=1S/C16H25NO/c1-13(2)16(9-4-5-10-17(3)12-16)14-7-6-8-15(18)11-14/h6-8,11,13,18H,4-5,9-10,12H2,1-3H3. The summed E-state index contributed by atoms with van der Waals surface area (Å²) in [7, 11) is 2.21. The van der Waals surface area contributed by atoms with E-state index in [4.69, 9.17) is 0 Å². The first-order valence-corrected chi connectivity index (χ1v) is 7.03. The lowest BCUT2D eigenvalue weighted by molar-refractivity contribution is 0.207. The summed E-state index contributed by atoms with van der Waals surface area (Å²) in [5.74, 6) is 0.972. The molecule has 1 N–H and O–H groups in total. The number of rotatable bonds is 2. The van der Waals surface area contributed by atoms with Crippen LogP contribution >= 0.6 is 0 Å². The number of likely N-dealkylation sites (tertiary alicyclic amines) is 1. The molecule has 1 aromatic carbocycles. The first kappa shape index (κ1) is 13.4. The van der Waals surface area contributed by atoms with Crippen LogP contribution in [0.25, 0.3) is 0 Å².